The summed E-state index contributed by atoms with van der Waals surface area (Å²) in [6.45, 7) is 17.9. The molecule has 1 N–H and O–H groups in total. The lowest BCUT2D eigenvalue weighted by Crippen LogP contribution is -2.40. The van der Waals surface area contributed by atoms with E-state index in [1.165, 1.54) is 38.6 Å². The molecule has 1 saturated carbocycles. The average Bonchev–Trinajstić information content (AvgIpc) is 2.10. The van der Waals surface area contributed by atoms with Crippen LogP contribution < -0.4 is 5.32 Å². The highest BCUT2D eigenvalue weighted by Gasteiger charge is 2.31. The first-order valence-electron chi connectivity index (χ1n) is 8.31. The van der Waals surface area contributed by atoms with Crippen LogP contribution in [0, 0.1) is 22.7 Å². The highest BCUT2D eigenvalue weighted by atomic mass is 14.9. The predicted molar refractivity (Wildman–Crippen MR) is 86.4 cm³/mol. The quantitative estimate of drug-likeness (QED) is 0.717. The standard InChI is InChI=1S/C18H37N/c1-14(11-17(3,4)5)8-9-19-16-10-15(2)12-18(6,7)13-16/h14-16,19H,8-13H2,1-7H3. The second kappa shape index (κ2) is 6.61. The van der Waals surface area contributed by atoms with Crippen LogP contribution in [0.5, 0.6) is 0 Å². The van der Waals surface area contributed by atoms with Gasteiger partial charge in [-0.1, -0.05) is 48.5 Å². The third-order valence-corrected chi connectivity index (χ3v) is 4.42. The van der Waals surface area contributed by atoms with Crippen molar-refractivity contribution < 1.29 is 0 Å². The highest BCUT2D eigenvalue weighted by Crippen LogP contribution is 2.38. The van der Waals surface area contributed by atoms with Crippen molar-refractivity contribution in [2.45, 2.75) is 86.6 Å². The van der Waals surface area contributed by atoms with E-state index < -0.39 is 0 Å². The SMILES string of the molecule is CC(CCNC1CC(C)CC(C)(C)C1)CC(C)(C)C. The van der Waals surface area contributed by atoms with Gasteiger partial charge in [-0.2, -0.15) is 0 Å². The molecular formula is C18H37N. The maximum absolute atomic E-state index is 3.82. The summed E-state index contributed by atoms with van der Waals surface area (Å²) in [5, 5.41) is 3.82. The molecule has 0 amide bonds. The second-order valence-corrected chi connectivity index (χ2v) is 9.22. The molecule has 0 bridgehead atoms. The van der Waals surface area contributed by atoms with Crippen LogP contribution in [-0.2, 0) is 0 Å². The Balaban J connectivity index is 2.25. The van der Waals surface area contributed by atoms with Crippen LogP contribution >= 0.6 is 0 Å². The first-order valence-corrected chi connectivity index (χ1v) is 8.31. The summed E-state index contributed by atoms with van der Waals surface area (Å²) in [4.78, 5) is 0. The summed E-state index contributed by atoms with van der Waals surface area (Å²) >= 11 is 0. The molecule has 3 unspecified atom stereocenters. The Morgan fingerprint density at radius 2 is 1.84 bits per heavy atom. The van der Waals surface area contributed by atoms with Crippen LogP contribution in [0.4, 0.5) is 0 Å². The van der Waals surface area contributed by atoms with Gasteiger partial charge >= 0.3 is 0 Å². The maximum atomic E-state index is 3.82. The van der Waals surface area contributed by atoms with E-state index in [-0.39, 0.29) is 0 Å². The Bertz CT molecular complexity index is 261. The lowest BCUT2D eigenvalue weighted by atomic mass is 9.70. The van der Waals surface area contributed by atoms with Crippen LogP contribution in [0.2, 0.25) is 0 Å². The smallest absolute Gasteiger partial charge is 0.00746 e. The molecule has 19 heavy (non-hydrogen) atoms. The van der Waals surface area contributed by atoms with Gasteiger partial charge in [-0.05, 0) is 61.3 Å². The fraction of sp³-hybridized carbons (Fsp3) is 1.00. The average molecular weight is 268 g/mol. The Morgan fingerprint density at radius 3 is 2.37 bits per heavy atom. The van der Waals surface area contributed by atoms with E-state index in [0.29, 0.717) is 10.8 Å². The van der Waals surface area contributed by atoms with Gasteiger partial charge in [-0.3, -0.25) is 0 Å². The molecule has 114 valence electrons. The lowest BCUT2D eigenvalue weighted by Gasteiger charge is -2.39. The Kier molecular flexibility index (Phi) is 5.92. The minimum atomic E-state index is 0.473. The summed E-state index contributed by atoms with van der Waals surface area (Å²) in [7, 11) is 0. The third kappa shape index (κ3) is 7.34. The number of rotatable bonds is 5. The van der Waals surface area contributed by atoms with Gasteiger partial charge in [0, 0.05) is 6.04 Å². The van der Waals surface area contributed by atoms with Crippen molar-refractivity contribution in [2.75, 3.05) is 6.54 Å². The van der Waals surface area contributed by atoms with Crippen LogP contribution in [-0.4, -0.2) is 12.6 Å². The van der Waals surface area contributed by atoms with E-state index in [4.69, 9.17) is 0 Å². The Labute approximate surface area is 121 Å². The fourth-order valence-electron chi connectivity index (χ4n) is 4.18. The molecule has 0 aromatic heterocycles. The number of hydrogen-bond acceptors (Lipinski definition) is 1. The van der Waals surface area contributed by atoms with Gasteiger partial charge in [0.2, 0.25) is 0 Å². The predicted octanol–water partition coefficient (Wildman–Crippen LogP) is 5.25. The van der Waals surface area contributed by atoms with Crippen molar-refractivity contribution in [2.24, 2.45) is 22.7 Å². The van der Waals surface area contributed by atoms with Gasteiger partial charge in [0.15, 0.2) is 0 Å². The summed E-state index contributed by atoms with van der Waals surface area (Å²) in [6, 6.07) is 0.751. The molecule has 1 aliphatic carbocycles. The van der Waals surface area contributed by atoms with Gasteiger partial charge in [0.05, 0.1) is 0 Å². The number of nitrogens with one attached hydrogen (secondary N) is 1. The zero-order chi connectivity index (χ0) is 14.7. The summed E-state index contributed by atoms with van der Waals surface area (Å²) < 4.78 is 0. The molecule has 0 spiro atoms. The van der Waals surface area contributed by atoms with E-state index in [9.17, 15) is 0 Å². The first kappa shape index (κ1) is 17.0. The molecule has 1 rings (SSSR count). The van der Waals surface area contributed by atoms with Crippen molar-refractivity contribution >= 4 is 0 Å². The topological polar surface area (TPSA) is 12.0 Å². The van der Waals surface area contributed by atoms with Crippen LogP contribution in [0.3, 0.4) is 0 Å². The molecule has 0 saturated heterocycles. The van der Waals surface area contributed by atoms with Gasteiger partial charge < -0.3 is 5.32 Å². The molecule has 0 aliphatic heterocycles. The molecule has 1 heteroatoms. The van der Waals surface area contributed by atoms with Gasteiger partial charge in [-0.15, -0.1) is 0 Å². The molecule has 0 aromatic rings. The Hall–Kier alpha value is -0.0400. The molecule has 1 aliphatic rings. The van der Waals surface area contributed by atoms with Gasteiger partial charge in [0.25, 0.3) is 0 Å². The molecule has 1 fully saturated rings. The van der Waals surface area contributed by atoms with Crippen molar-refractivity contribution in [3.8, 4) is 0 Å². The van der Waals surface area contributed by atoms with E-state index >= 15 is 0 Å². The van der Waals surface area contributed by atoms with Crippen LogP contribution in [0.15, 0.2) is 0 Å². The number of hydrogen-bond donors (Lipinski definition) is 1. The minimum absolute atomic E-state index is 0.473. The molecule has 0 aromatic carbocycles. The summed E-state index contributed by atoms with van der Waals surface area (Å²) in [6.07, 6.45) is 6.78. The molecule has 1 nitrogen and oxygen atoms in total. The van der Waals surface area contributed by atoms with Gasteiger partial charge in [-0.25, -0.2) is 0 Å². The first-order chi connectivity index (χ1) is 8.57. The van der Waals surface area contributed by atoms with E-state index in [1.807, 2.05) is 0 Å². The van der Waals surface area contributed by atoms with Crippen molar-refractivity contribution in [3.63, 3.8) is 0 Å². The minimum Gasteiger partial charge on any atom is -0.314 e. The lowest BCUT2D eigenvalue weighted by molar-refractivity contribution is 0.150. The van der Waals surface area contributed by atoms with Crippen LogP contribution in [0.25, 0.3) is 0 Å². The monoisotopic (exact) mass is 267 g/mol. The molecular weight excluding hydrogens is 230 g/mol. The fourth-order valence-corrected chi connectivity index (χ4v) is 4.18. The molecule has 0 heterocycles. The molecule has 3 atom stereocenters. The zero-order valence-corrected chi connectivity index (χ0v) is 14.5. The summed E-state index contributed by atoms with van der Waals surface area (Å²) in [5.74, 6) is 1.72. The van der Waals surface area contributed by atoms with Gasteiger partial charge in [0.1, 0.15) is 0 Å². The van der Waals surface area contributed by atoms with Crippen LogP contribution in [0.1, 0.15) is 80.6 Å². The summed E-state index contributed by atoms with van der Waals surface area (Å²) in [5.41, 5.74) is 1.01. The largest absolute Gasteiger partial charge is 0.314 e. The van der Waals surface area contributed by atoms with Crippen molar-refractivity contribution in [1.29, 1.82) is 0 Å². The molecule has 0 radical (unpaired) electrons. The third-order valence-electron chi connectivity index (χ3n) is 4.42. The van der Waals surface area contributed by atoms with E-state index in [2.05, 4.69) is 53.8 Å². The van der Waals surface area contributed by atoms with Crippen molar-refractivity contribution in [1.82, 2.24) is 5.32 Å². The van der Waals surface area contributed by atoms with Crippen molar-refractivity contribution in [3.05, 3.63) is 0 Å². The maximum Gasteiger partial charge on any atom is 0.00746 e. The zero-order valence-electron chi connectivity index (χ0n) is 14.5. The van der Waals surface area contributed by atoms with E-state index in [1.54, 1.807) is 0 Å². The highest BCUT2D eigenvalue weighted by molar-refractivity contribution is 4.86. The Morgan fingerprint density at radius 1 is 1.21 bits per heavy atom. The second-order valence-electron chi connectivity index (χ2n) is 9.22. The van der Waals surface area contributed by atoms with E-state index in [0.717, 1.165) is 17.9 Å². The normalized spacial score (nSPS) is 29.2.